The number of aliphatic hydroxyl groups is 11. The van der Waals surface area contributed by atoms with E-state index in [2.05, 4.69) is 0 Å². The molecule has 2 saturated heterocycles. The second-order valence-corrected chi connectivity index (χ2v) is 10.7. The van der Waals surface area contributed by atoms with Crippen molar-refractivity contribution < 1.29 is 75.1 Å². The van der Waals surface area contributed by atoms with Gasteiger partial charge < -0.3 is 75.1 Å². The van der Waals surface area contributed by atoms with Crippen molar-refractivity contribution in [2.75, 3.05) is 19.8 Å². The van der Waals surface area contributed by atoms with Gasteiger partial charge in [-0.05, 0) is 11.8 Å². The summed E-state index contributed by atoms with van der Waals surface area (Å²) in [5.41, 5.74) is -0.377. The Labute approximate surface area is 214 Å². The van der Waals surface area contributed by atoms with Gasteiger partial charge in [0.05, 0.1) is 25.9 Å². The van der Waals surface area contributed by atoms with Gasteiger partial charge in [-0.2, -0.15) is 0 Å². The van der Waals surface area contributed by atoms with Crippen molar-refractivity contribution in [1.82, 2.24) is 0 Å². The highest BCUT2D eigenvalue weighted by Crippen LogP contribution is 2.30. The van der Waals surface area contributed by atoms with Crippen LogP contribution in [0.5, 0.6) is 0 Å². The summed E-state index contributed by atoms with van der Waals surface area (Å²) in [5, 5.41) is 111. The second-order valence-electron chi connectivity index (χ2n) is 10.7. The molecule has 15 heteroatoms. The molecule has 0 bridgehead atoms. The zero-order chi connectivity index (χ0) is 28.2. The fourth-order valence-corrected chi connectivity index (χ4v) is 4.18. The Kier molecular flexibility index (Phi) is 12.0. The number of aliphatic hydroxyl groups excluding tert-OH is 11. The van der Waals surface area contributed by atoms with Crippen molar-refractivity contribution in [1.29, 1.82) is 0 Å². The van der Waals surface area contributed by atoms with Gasteiger partial charge >= 0.3 is 0 Å². The van der Waals surface area contributed by atoms with Gasteiger partial charge in [0, 0.05) is 0 Å². The first kappa shape index (κ1) is 32.6. The smallest absolute Gasteiger partial charge is 0.187 e. The third kappa shape index (κ3) is 8.20. The Hall–Kier alpha value is -0.600. The summed E-state index contributed by atoms with van der Waals surface area (Å²) >= 11 is 0. The van der Waals surface area contributed by atoms with E-state index in [-0.39, 0.29) is 11.8 Å². The summed E-state index contributed by atoms with van der Waals surface area (Å²) in [6, 6.07) is 0. The quantitative estimate of drug-likeness (QED) is 0.115. The fourth-order valence-electron chi connectivity index (χ4n) is 4.18. The van der Waals surface area contributed by atoms with Crippen LogP contribution in [0.4, 0.5) is 0 Å². The molecule has 0 unspecified atom stereocenters. The maximum absolute atomic E-state index is 10.7. The van der Waals surface area contributed by atoms with E-state index in [1.807, 2.05) is 20.8 Å². The average Bonchev–Trinajstić information content (AvgIpc) is 2.83. The minimum atomic E-state index is -1.84. The van der Waals surface area contributed by atoms with Crippen LogP contribution < -0.4 is 0 Å². The highest BCUT2D eigenvalue weighted by molar-refractivity contribution is 4.94. The maximum atomic E-state index is 10.7. The van der Waals surface area contributed by atoms with Crippen molar-refractivity contribution in [2.45, 2.75) is 113 Å². The molecule has 0 aromatic rings. The lowest BCUT2D eigenvalue weighted by Crippen LogP contribution is -2.65. The molecule has 37 heavy (non-hydrogen) atoms. The molecule has 220 valence electrons. The first-order chi connectivity index (χ1) is 17.1. The normalized spacial score (nSPS) is 40.7. The highest BCUT2D eigenvalue weighted by atomic mass is 16.7. The fraction of sp³-hybridized carbons (Fsp3) is 1.00. The molecule has 2 aliphatic heterocycles. The first-order valence-electron chi connectivity index (χ1n) is 12.0. The van der Waals surface area contributed by atoms with Crippen molar-refractivity contribution in [3.8, 4) is 0 Å². The predicted octanol–water partition coefficient (Wildman–Crippen LogP) is -5.49. The summed E-state index contributed by atoms with van der Waals surface area (Å²) in [7, 11) is 0. The summed E-state index contributed by atoms with van der Waals surface area (Å²) in [5.74, 6) is 0. The van der Waals surface area contributed by atoms with Gasteiger partial charge in [-0.25, -0.2) is 0 Å². The SMILES string of the molecule is CC(C)(C)C[C@@H](O)[C@@H](O)[C@H](O)[C@H](O)CO[C@H]1O[C@H](CO)[C@@H](O)[C@H](O[C@H]2O[C@H](CO)[C@@H](O)[C@H](O)[C@@H]2O)[C@@H]1O. The van der Waals surface area contributed by atoms with Crippen LogP contribution in [-0.4, -0.2) is 162 Å². The zero-order valence-corrected chi connectivity index (χ0v) is 21.0. The molecule has 2 fully saturated rings. The molecule has 2 rings (SSSR count). The van der Waals surface area contributed by atoms with Gasteiger partial charge in [-0.15, -0.1) is 0 Å². The number of rotatable bonds is 11. The van der Waals surface area contributed by atoms with E-state index in [9.17, 15) is 56.2 Å². The minimum absolute atomic E-state index is 0.121. The van der Waals surface area contributed by atoms with Crippen molar-refractivity contribution in [3.05, 3.63) is 0 Å². The summed E-state index contributed by atoms with van der Waals surface area (Å²) < 4.78 is 21.3. The molecule has 0 aromatic heterocycles. The third-order valence-electron chi connectivity index (χ3n) is 6.35. The molecular weight excluding hydrogens is 504 g/mol. The standard InChI is InChI=1S/C22H42O15/c1-22(2,3)4-8(25)12(27)13(28)9(26)7-34-20-18(33)19(15(30)11(6-24)35-20)37-21-17(32)16(31)14(29)10(5-23)36-21/h8-21,23-33H,4-7H2,1-3H3/t8-,9-,10-,11-,12-,13-,14-,15-,16+,17+,18+,19+,20+,21-/m1/s1. The van der Waals surface area contributed by atoms with Crippen molar-refractivity contribution in [3.63, 3.8) is 0 Å². The van der Waals surface area contributed by atoms with Crippen LogP contribution >= 0.6 is 0 Å². The van der Waals surface area contributed by atoms with Crippen LogP contribution in [-0.2, 0) is 18.9 Å². The molecule has 2 aliphatic rings. The molecule has 0 saturated carbocycles. The second kappa shape index (κ2) is 13.6. The largest absolute Gasteiger partial charge is 0.394 e. The number of hydrogen-bond acceptors (Lipinski definition) is 15. The topological polar surface area (TPSA) is 259 Å². The molecule has 0 spiro atoms. The lowest BCUT2D eigenvalue weighted by Gasteiger charge is -2.46. The Morgan fingerprint density at radius 1 is 0.676 bits per heavy atom. The summed E-state index contributed by atoms with van der Waals surface area (Å²) in [6.07, 6.45) is -23.1. The maximum Gasteiger partial charge on any atom is 0.187 e. The van der Waals surface area contributed by atoms with Crippen LogP contribution in [0.2, 0.25) is 0 Å². The zero-order valence-electron chi connectivity index (χ0n) is 21.0. The Morgan fingerprint density at radius 3 is 1.73 bits per heavy atom. The van der Waals surface area contributed by atoms with Gasteiger partial charge in [0.25, 0.3) is 0 Å². The lowest BCUT2D eigenvalue weighted by molar-refractivity contribution is -0.361. The molecule has 11 N–H and O–H groups in total. The molecule has 0 aliphatic carbocycles. The van der Waals surface area contributed by atoms with Crippen molar-refractivity contribution >= 4 is 0 Å². The number of hydrogen-bond donors (Lipinski definition) is 11. The molecule has 0 aromatic carbocycles. The van der Waals surface area contributed by atoms with E-state index in [4.69, 9.17) is 18.9 Å². The third-order valence-corrected chi connectivity index (χ3v) is 6.35. The monoisotopic (exact) mass is 546 g/mol. The predicted molar refractivity (Wildman–Crippen MR) is 120 cm³/mol. The lowest BCUT2D eigenvalue weighted by atomic mass is 9.86. The van der Waals surface area contributed by atoms with E-state index in [0.717, 1.165) is 0 Å². The van der Waals surface area contributed by atoms with Gasteiger partial charge in [-0.1, -0.05) is 20.8 Å². The van der Waals surface area contributed by atoms with Crippen molar-refractivity contribution in [2.24, 2.45) is 5.41 Å². The number of ether oxygens (including phenoxy) is 4. The van der Waals surface area contributed by atoms with E-state index >= 15 is 0 Å². The van der Waals surface area contributed by atoms with Gasteiger partial charge in [-0.3, -0.25) is 0 Å². The first-order valence-corrected chi connectivity index (χ1v) is 12.0. The molecule has 14 atom stereocenters. The van der Waals surface area contributed by atoms with E-state index < -0.39 is 106 Å². The Balaban J connectivity index is 2.05. The van der Waals surface area contributed by atoms with E-state index in [1.54, 1.807) is 0 Å². The van der Waals surface area contributed by atoms with Crippen LogP contribution in [0.3, 0.4) is 0 Å². The van der Waals surface area contributed by atoms with Gasteiger partial charge in [0.15, 0.2) is 12.6 Å². The van der Waals surface area contributed by atoms with Crippen LogP contribution in [0, 0.1) is 5.41 Å². The Morgan fingerprint density at radius 2 is 1.19 bits per heavy atom. The van der Waals surface area contributed by atoms with Crippen LogP contribution in [0.15, 0.2) is 0 Å². The van der Waals surface area contributed by atoms with Gasteiger partial charge in [0.2, 0.25) is 0 Å². The highest BCUT2D eigenvalue weighted by Gasteiger charge is 2.51. The molecule has 2 heterocycles. The molecule has 0 radical (unpaired) electrons. The van der Waals surface area contributed by atoms with Crippen LogP contribution in [0.1, 0.15) is 27.2 Å². The van der Waals surface area contributed by atoms with Gasteiger partial charge in [0.1, 0.15) is 67.1 Å². The average molecular weight is 547 g/mol. The summed E-state index contributed by atoms with van der Waals surface area (Å²) in [4.78, 5) is 0. The minimum Gasteiger partial charge on any atom is -0.394 e. The van der Waals surface area contributed by atoms with Crippen LogP contribution in [0.25, 0.3) is 0 Å². The molecule has 0 amide bonds. The van der Waals surface area contributed by atoms with E-state index in [1.165, 1.54) is 0 Å². The summed E-state index contributed by atoms with van der Waals surface area (Å²) in [6.45, 7) is 3.20. The molecular formula is C22H42O15. The Bertz CT molecular complexity index is 675. The molecule has 15 nitrogen and oxygen atoms in total. The van der Waals surface area contributed by atoms with E-state index in [0.29, 0.717) is 0 Å².